The maximum atomic E-state index is 11.6. The Bertz CT molecular complexity index is 706. The fourth-order valence-corrected chi connectivity index (χ4v) is 2.72. The molecule has 0 atom stereocenters. The Morgan fingerprint density at radius 2 is 1.33 bits per heavy atom. The fraction of sp³-hybridized carbons (Fsp3) is 0.435. The predicted octanol–water partition coefficient (Wildman–Crippen LogP) is 7.43. The van der Waals surface area contributed by atoms with E-state index in [0.29, 0.717) is 12.0 Å². The molecular formula is C23H30N2O2. The van der Waals surface area contributed by atoms with Crippen LogP contribution in [0.2, 0.25) is 0 Å². The van der Waals surface area contributed by atoms with Gasteiger partial charge in [0.15, 0.2) is 5.78 Å². The van der Waals surface area contributed by atoms with Crippen LogP contribution in [0, 0.1) is 0 Å². The first-order chi connectivity index (χ1) is 13.2. The number of carbonyl (C=O) groups is 1. The SMILES string of the molecule is CCCCCCCCOc1ccc(N=Nc2ccc(C(=O)CC)cc2)cc1. The molecule has 0 fully saturated rings. The molecule has 2 rings (SSSR count). The molecule has 27 heavy (non-hydrogen) atoms. The van der Waals surface area contributed by atoms with Crippen LogP contribution in [0.3, 0.4) is 0 Å². The van der Waals surface area contributed by atoms with Crippen molar-refractivity contribution in [3.63, 3.8) is 0 Å². The Hall–Kier alpha value is -2.49. The standard InChI is InChI=1S/C23H30N2O2/c1-3-5-6-7-8-9-18-27-22-16-14-21(15-17-22)25-24-20-12-10-19(11-13-20)23(26)4-2/h10-17H,3-9,18H2,1-2H3. The van der Waals surface area contributed by atoms with E-state index in [4.69, 9.17) is 4.74 Å². The second-order valence-electron chi connectivity index (χ2n) is 6.63. The van der Waals surface area contributed by atoms with E-state index in [-0.39, 0.29) is 5.78 Å². The first-order valence-corrected chi connectivity index (χ1v) is 10.0. The molecule has 0 saturated heterocycles. The number of rotatable bonds is 12. The number of hydrogen-bond donors (Lipinski definition) is 0. The Kier molecular flexibility index (Phi) is 9.25. The van der Waals surface area contributed by atoms with Crippen molar-refractivity contribution in [2.45, 2.75) is 58.8 Å². The zero-order chi connectivity index (χ0) is 19.3. The van der Waals surface area contributed by atoms with E-state index in [2.05, 4.69) is 17.2 Å². The average Bonchev–Trinajstić information content (AvgIpc) is 2.72. The fourth-order valence-electron chi connectivity index (χ4n) is 2.72. The zero-order valence-electron chi connectivity index (χ0n) is 16.5. The number of azo groups is 1. The second-order valence-corrected chi connectivity index (χ2v) is 6.63. The van der Waals surface area contributed by atoms with Crippen LogP contribution < -0.4 is 4.74 Å². The molecule has 0 unspecified atom stereocenters. The van der Waals surface area contributed by atoms with Gasteiger partial charge in [0, 0.05) is 12.0 Å². The lowest BCUT2D eigenvalue weighted by Gasteiger charge is -2.06. The largest absolute Gasteiger partial charge is 0.494 e. The molecule has 144 valence electrons. The van der Waals surface area contributed by atoms with Crippen LogP contribution in [-0.2, 0) is 0 Å². The Morgan fingerprint density at radius 1 is 0.778 bits per heavy atom. The van der Waals surface area contributed by atoms with Gasteiger partial charge in [-0.25, -0.2) is 0 Å². The van der Waals surface area contributed by atoms with Crippen molar-refractivity contribution in [2.24, 2.45) is 10.2 Å². The number of unbranched alkanes of at least 4 members (excludes halogenated alkanes) is 5. The average molecular weight is 367 g/mol. The van der Waals surface area contributed by atoms with Gasteiger partial charge < -0.3 is 4.74 Å². The van der Waals surface area contributed by atoms with Gasteiger partial charge in [-0.1, -0.05) is 46.0 Å². The summed E-state index contributed by atoms with van der Waals surface area (Å²) in [7, 11) is 0. The third-order valence-electron chi connectivity index (χ3n) is 4.39. The van der Waals surface area contributed by atoms with E-state index in [1.54, 1.807) is 12.1 Å². The second kappa shape index (κ2) is 12.0. The molecule has 0 aliphatic carbocycles. The van der Waals surface area contributed by atoms with Crippen molar-refractivity contribution in [1.29, 1.82) is 0 Å². The Balaban J connectivity index is 1.76. The number of hydrogen-bond acceptors (Lipinski definition) is 4. The molecule has 0 spiro atoms. The number of nitrogens with zero attached hydrogens (tertiary/aromatic N) is 2. The predicted molar refractivity (Wildman–Crippen MR) is 111 cm³/mol. The molecule has 2 aromatic rings. The van der Waals surface area contributed by atoms with E-state index >= 15 is 0 Å². The highest BCUT2D eigenvalue weighted by atomic mass is 16.5. The van der Waals surface area contributed by atoms with Crippen molar-refractivity contribution >= 4 is 17.2 Å². The lowest BCUT2D eigenvalue weighted by atomic mass is 10.1. The smallest absolute Gasteiger partial charge is 0.162 e. The van der Waals surface area contributed by atoms with Crippen LogP contribution in [0.5, 0.6) is 5.75 Å². The molecule has 0 aromatic heterocycles. The maximum Gasteiger partial charge on any atom is 0.162 e. The lowest BCUT2D eigenvalue weighted by molar-refractivity contribution is 0.0988. The topological polar surface area (TPSA) is 51.0 Å². The molecule has 0 radical (unpaired) electrons. The van der Waals surface area contributed by atoms with Crippen LogP contribution in [-0.4, -0.2) is 12.4 Å². The van der Waals surface area contributed by atoms with Gasteiger partial charge in [0.1, 0.15) is 5.75 Å². The van der Waals surface area contributed by atoms with Gasteiger partial charge in [0.25, 0.3) is 0 Å². The Morgan fingerprint density at radius 3 is 1.93 bits per heavy atom. The third-order valence-corrected chi connectivity index (χ3v) is 4.39. The normalized spacial score (nSPS) is 11.0. The first-order valence-electron chi connectivity index (χ1n) is 10.0. The molecule has 0 aliphatic rings. The zero-order valence-corrected chi connectivity index (χ0v) is 16.5. The van der Waals surface area contributed by atoms with E-state index in [1.165, 1.54) is 32.1 Å². The highest BCUT2D eigenvalue weighted by Crippen LogP contribution is 2.22. The number of ether oxygens (including phenoxy) is 1. The summed E-state index contributed by atoms with van der Waals surface area (Å²) < 4.78 is 5.77. The van der Waals surface area contributed by atoms with Gasteiger partial charge in [-0.05, 0) is 55.0 Å². The Labute approximate surface area is 162 Å². The highest BCUT2D eigenvalue weighted by Gasteiger charge is 2.02. The van der Waals surface area contributed by atoms with E-state index < -0.39 is 0 Å². The number of Topliss-reactive ketones (excluding diaryl/α,β-unsaturated/α-hetero) is 1. The number of carbonyl (C=O) groups excluding carboxylic acids is 1. The van der Waals surface area contributed by atoms with Crippen LogP contribution in [0.15, 0.2) is 58.8 Å². The summed E-state index contributed by atoms with van der Waals surface area (Å²) in [6, 6.07) is 14.8. The molecule has 4 nitrogen and oxygen atoms in total. The summed E-state index contributed by atoms with van der Waals surface area (Å²) in [5, 5.41) is 8.45. The minimum Gasteiger partial charge on any atom is -0.494 e. The van der Waals surface area contributed by atoms with Crippen molar-refractivity contribution in [3.05, 3.63) is 54.1 Å². The monoisotopic (exact) mass is 366 g/mol. The van der Waals surface area contributed by atoms with E-state index in [1.807, 2.05) is 43.3 Å². The van der Waals surface area contributed by atoms with E-state index in [0.717, 1.165) is 30.2 Å². The number of benzene rings is 2. The minimum atomic E-state index is 0.134. The van der Waals surface area contributed by atoms with E-state index in [9.17, 15) is 4.79 Å². The molecule has 0 amide bonds. The first kappa shape index (κ1) is 20.8. The quantitative estimate of drug-likeness (QED) is 0.223. The summed E-state index contributed by atoms with van der Waals surface area (Å²) in [4.78, 5) is 11.6. The molecule has 0 N–H and O–H groups in total. The summed E-state index contributed by atoms with van der Waals surface area (Å²) >= 11 is 0. The molecule has 0 saturated carbocycles. The van der Waals surface area contributed by atoms with Crippen LogP contribution in [0.4, 0.5) is 11.4 Å². The van der Waals surface area contributed by atoms with Crippen LogP contribution in [0.1, 0.15) is 69.2 Å². The van der Waals surface area contributed by atoms with Crippen LogP contribution in [0.25, 0.3) is 0 Å². The van der Waals surface area contributed by atoms with Crippen LogP contribution >= 0.6 is 0 Å². The summed E-state index contributed by atoms with van der Waals surface area (Å²) in [5.74, 6) is 1.000. The minimum absolute atomic E-state index is 0.134. The molecule has 4 heteroatoms. The molecular weight excluding hydrogens is 336 g/mol. The highest BCUT2D eigenvalue weighted by molar-refractivity contribution is 5.96. The van der Waals surface area contributed by atoms with Crippen molar-refractivity contribution < 1.29 is 9.53 Å². The maximum absolute atomic E-state index is 11.6. The summed E-state index contributed by atoms with van der Waals surface area (Å²) in [5.41, 5.74) is 2.21. The summed E-state index contributed by atoms with van der Waals surface area (Å²) in [6.45, 7) is 4.85. The number of ketones is 1. The molecule has 0 aliphatic heterocycles. The molecule has 0 bridgehead atoms. The third kappa shape index (κ3) is 7.73. The molecule has 2 aromatic carbocycles. The van der Waals surface area contributed by atoms with Gasteiger partial charge in [0.2, 0.25) is 0 Å². The van der Waals surface area contributed by atoms with Gasteiger partial charge in [-0.15, -0.1) is 0 Å². The van der Waals surface area contributed by atoms with Gasteiger partial charge in [-0.2, -0.15) is 10.2 Å². The van der Waals surface area contributed by atoms with Gasteiger partial charge in [0.05, 0.1) is 18.0 Å². The lowest BCUT2D eigenvalue weighted by Crippen LogP contribution is -1.96. The van der Waals surface area contributed by atoms with Crippen molar-refractivity contribution in [2.75, 3.05) is 6.61 Å². The summed E-state index contributed by atoms with van der Waals surface area (Å²) in [6.07, 6.45) is 8.07. The molecule has 0 heterocycles. The van der Waals surface area contributed by atoms with Crippen molar-refractivity contribution in [3.8, 4) is 5.75 Å². The van der Waals surface area contributed by atoms with Crippen molar-refractivity contribution in [1.82, 2.24) is 0 Å². The van der Waals surface area contributed by atoms with Gasteiger partial charge in [-0.3, -0.25) is 4.79 Å². The van der Waals surface area contributed by atoms with Gasteiger partial charge >= 0.3 is 0 Å².